The lowest BCUT2D eigenvalue weighted by atomic mass is 9.81. The molecule has 1 aliphatic carbocycles. The topological polar surface area (TPSA) is 12.0 Å². The Labute approximate surface area is 88.7 Å². The van der Waals surface area contributed by atoms with Crippen molar-refractivity contribution < 1.29 is 0 Å². The van der Waals surface area contributed by atoms with E-state index in [9.17, 15) is 0 Å². The van der Waals surface area contributed by atoms with Crippen LogP contribution in [0.15, 0.2) is 0 Å². The minimum atomic E-state index is 0.287. The predicted molar refractivity (Wildman–Crippen MR) is 62.1 cm³/mol. The molecule has 1 saturated carbocycles. The zero-order valence-corrected chi connectivity index (χ0v) is 9.55. The van der Waals surface area contributed by atoms with Crippen molar-refractivity contribution in [2.75, 3.05) is 0 Å². The second-order valence-corrected chi connectivity index (χ2v) is 4.61. The Morgan fingerprint density at radius 2 is 2.21 bits per heavy atom. The summed E-state index contributed by atoms with van der Waals surface area (Å²) in [5.74, 6) is 3.80. The molecule has 1 heteroatoms. The fourth-order valence-corrected chi connectivity index (χ4v) is 2.14. The van der Waals surface area contributed by atoms with Crippen LogP contribution in [-0.2, 0) is 0 Å². The van der Waals surface area contributed by atoms with Gasteiger partial charge in [-0.2, -0.15) is 0 Å². The van der Waals surface area contributed by atoms with Gasteiger partial charge in [0.2, 0.25) is 0 Å². The van der Waals surface area contributed by atoms with Gasteiger partial charge in [-0.25, -0.2) is 0 Å². The maximum atomic E-state index is 5.47. The van der Waals surface area contributed by atoms with Crippen LogP contribution >= 0.6 is 0 Å². The number of rotatable bonds is 6. The summed E-state index contributed by atoms with van der Waals surface area (Å²) >= 11 is 0. The van der Waals surface area contributed by atoms with Crippen LogP contribution in [0.25, 0.3) is 0 Å². The molecule has 1 rings (SSSR count). The quantitative estimate of drug-likeness (QED) is 0.639. The Kier molecular flexibility index (Phi) is 5.04. The lowest BCUT2D eigenvalue weighted by molar-refractivity contribution is 0.261. The highest BCUT2D eigenvalue weighted by Gasteiger charge is 2.20. The Hall–Kier alpha value is -0.480. The molecule has 0 amide bonds. The molecule has 0 bridgehead atoms. The van der Waals surface area contributed by atoms with Crippen molar-refractivity contribution in [1.29, 1.82) is 0 Å². The standard InChI is InChI=1S/C13H23N/c1-4-7-13(5-2)14-11(3)10-12-8-6-9-12/h2,11-14H,4,6-10H2,1,3H3. The molecule has 1 nitrogen and oxygen atoms in total. The van der Waals surface area contributed by atoms with Crippen molar-refractivity contribution in [2.24, 2.45) is 5.92 Å². The van der Waals surface area contributed by atoms with Crippen LogP contribution in [0.4, 0.5) is 0 Å². The lowest BCUT2D eigenvalue weighted by Gasteiger charge is -2.29. The molecule has 1 fully saturated rings. The van der Waals surface area contributed by atoms with Crippen LogP contribution < -0.4 is 5.32 Å². The normalized spacial score (nSPS) is 20.9. The van der Waals surface area contributed by atoms with E-state index in [0.29, 0.717) is 6.04 Å². The van der Waals surface area contributed by atoms with Crippen LogP contribution in [0.2, 0.25) is 0 Å². The van der Waals surface area contributed by atoms with Gasteiger partial charge in [0.15, 0.2) is 0 Å². The molecule has 80 valence electrons. The summed E-state index contributed by atoms with van der Waals surface area (Å²) in [5.41, 5.74) is 0. The molecule has 0 spiro atoms. The van der Waals surface area contributed by atoms with Gasteiger partial charge in [0.1, 0.15) is 0 Å². The van der Waals surface area contributed by atoms with Crippen molar-refractivity contribution in [3.8, 4) is 12.3 Å². The molecule has 0 saturated heterocycles. The third-order valence-corrected chi connectivity index (χ3v) is 3.18. The summed E-state index contributed by atoms with van der Waals surface area (Å²) < 4.78 is 0. The van der Waals surface area contributed by atoms with Crippen molar-refractivity contribution in [1.82, 2.24) is 5.32 Å². The number of terminal acetylenes is 1. The lowest BCUT2D eigenvalue weighted by Crippen LogP contribution is -2.37. The van der Waals surface area contributed by atoms with Crippen molar-refractivity contribution >= 4 is 0 Å². The minimum absolute atomic E-state index is 0.287. The zero-order valence-electron chi connectivity index (χ0n) is 9.55. The third-order valence-electron chi connectivity index (χ3n) is 3.18. The highest BCUT2D eigenvalue weighted by atomic mass is 14.9. The number of hydrogen-bond donors (Lipinski definition) is 1. The average molecular weight is 193 g/mol. The molecule has 1 N–H and O–H groups in total. The zero-order chi connectivity index (χ0) is 10.4. The summed E-state index contributed by atoms with van der Waals surface area (Å²) in [6.07, 6.45) is 13.3. The van der Waals surface area contributed by atoms with E-state index in [-0.39, 0.29) is 6.04 Å². The highest BCUT2D eigenvalue weighted by molar-refractivity contribution is 4.99. The van der Waals surface area contributed by atoms with Gasteiger partial charge in [-0.3, -0.25) is 0 Å². The Balaban J connectivity index is 2.16. The molecule has 0 aromatic heterocycles. The van der Waals surface area contributed by atoms with E-state index < -0.39 is 0 Å². The largest absolute Gasteiger partial charge is 0.301 e. The molecule has 2 atom stereocenters. The maximum Gasteiger partial charge on any atom is 0.0688 e. The first-order chi connectivity index (χ1) is 6.76. The van der Waals surface area contributed by atoms with Crippen LogP contribution in [-0.4, -0.2) is 12.1 Å². The molecular weight excluding hydrogens is 170 g/mol. The van der Waals surface area contributed by atoms with Gasteiger partial charge in [0.05, 0.1) is 6.04 Å². The molecule has 0 heterocycles. The average Bonchev–Trinajstić information content (AvgIpc) is 2.11. The van der Waals surface area contributed by atoms with E-state index in [4.69, 9.17) is 6.42 Å². The minimum Gasteiger partial charge on any atom is -0.301 e. The van der Waals surface area contributed by atoms with E-state index in [1.165, 1.54) is 25.7 Å². The van der Waals surface area contributed by atoms with Gasteiger partial charge in [-0.1, -0.05) is 38.5 Å². The Morgan fingerprint density at radius 1 is 1.50 bits per heavy atom. The summed E-state index contributed by atoms with van der Waals surface area (Å²) in [7, 11) is 0. The van der Waals surface area contributed by atoms with Crippen LogP contribution in [0.5, 0.6) is 0 Å². The van der Waals surface area contributed by atoms with Crippen LogP contribution in [0.1, 0.15) is 52.4 Å². The summed E-state index contributed by atoms with van der Waals surface area (Å²) in [6.45, 7) is 4.45. The van der Waals surface area contributed by atoms with E-state index in [2.05, 4.69) is 25.1 Å². The molecule has 14 heavy (non-hydrogen) atoms. The second-order valence-electron chi connectivity index (χ2n) is 4.61. The van der Waals surface area contributed by atoms with Crippen molar-refractivity contribution in [3.63, 3.8) is 0 Å². The second kappa shape index (κ2) is 6.09. The van der Waals surface area contributed by atoms with Gasteiger partial charge in [0.25, 0.3) is 0 Å². The smallest absolute Gasteiger partial charge is 0.0688 e. The fourth-order valence-electron chi connectivity index (χ4n) is 2.14. The third kappa shape index (κ3) is 3.72. The van der Waals surface area contributed by atoms with Crippen molar-refractivity contribution in [3.05, 3.63) is 0 Å². The van der Waals surface area contributed by atoms with Crippen LogP contribution in [0, 0.1) is 18.3 Å². The molecule has 0 aliphatic heterocycles. The van der Waals surface area contributed by atoms with Gasteiger partial charge in [-0.05, 0) is 25.7 Å². The summed E-state index contributed by atoms with van der Waals surface area (Å²) in [5, 5.41) is 3.53. The first kappa shape index (κ1) is 11.6. The molecular formula is C13H23N. The fraction of sp³-hybridized carbons (Fsp3) is 0.846. The predicted octanol–water partition coefficient (Wildman–Crippen LogP) is 2.96. The summed E-state index contributed by atoms with van der Waals surface area (Å²) in [6, 6.07) is 0.878. The van der Waals surface area contributed by atoms with Gasteiger partial charge < -0.3 is 5.32 Å². The Morgan fingerprint density at radius 3 is 2.64 bits per heavy atom. The Bertz CT molecular complexity index is 188. The maximum absolute atomic E-state index is 5.47. The molecule has 0 aromatic carbocycles. The van der Waals surface area contributed by atoms with E-state index in [1.807, 2.05) is 0 Å². The van der Waals surface area contributed by atoms with E-state index >= 15 is 0 Å². The van der Waals surface area contributed by atoms with Crippen molar-refractivity contribution in [2.45, 2.75) is 64.5 Å². The van der Waals surface area contributed by atoms with Crippen LogP contribution in [0.3, 0.4) is 0 Å². The monoisotopic (exact) mass is 193 g/mol. The first-order valence-corrected chi connectivity index (χ1v) is 5.98. The molecule has 0 radical (unpaired) electrons. The van der Waals surface area contributed by atoms with E-state index in [0.717, 1.165) is 18.8 Å². The van der Waals surface area contributed by atoms with Gasteiger partial charge in [0, 0.05) is 6.04 Å². The molecule has 0 aromatic rings. The SMILES string of the molecule is C#CC(CCC)NC(C)CC1CCC1. The summed E-state index contributed by atoms with van der Waals surface area (Å²) in [4.78, 5) is 0. The number of nitrogens with one attached hydrogen (secondary N) is 1. The number of hydrogen-bond acceptors (Lipinski definition) is 1. The van der Waals surface area contributed by atoms with Gasteiger partial charge in [-0.15, -0.1) is 6.42 Å². The molecule has 2 unspecified atom stereocenters. The highest BCUT2D eigenvalue weighted by Crippen LogP contribution is 2.30. The van der Waals surface area contributed by atoms with E-state index in [1.54, 1.807) is 0 Å². The first-order valence-electron chi connectivity index (χ1n) is 5.98. The molecule has 1 aliphatic rings. The van der Waals surface area contributed by atoms with Gasteiger partial charge >= 0.3 is 0 Å².